The van der Waals surface area contributed by atoms with Gasteiger partial charge in [0.1, 0.15) is 0 Å². The number of hydrogen-bond acceptors (Lipinski definition) is 6. The lowest BCUT2D eigenvalue weighted by Gasteiger charge is -2.25. The van der Waals surface area contributed by atoms with Crippen LogP contribution in [-0.2, 0) is 9.47 Å². The second-order valence-corrected chi connectivity index (χ2v) is 7.13. The monoisotopic (exact) mass is 347 g/mol. The summed E-state index contributed by atoms with van der Waals surface area (Å²) in [5.41, 5.74) is 1.62. The Morgan fingerprint density at radius 2 is 2.21 bits per heavy atom. The molecule has 2 saturated heterocycles. The molecule has 2 aliphatic rings. The molecule has 0 spiro atoms. The molecule has 2 fully saturated rings. The van der Waals surface area contributed by atoms with Gasteiger partial charge in [-0.05, 0) is 31.0 Å². The average molecular weight is 347 g/mol. The van der Waals surface area contributed by atoms with Gasteiger partial charge in [0.25, 0.3) is 5.91 Å². The van der Waals surface area contributed by atoms with Gasteiger partial charge in [-0.1, -0.05) is 11.3 Å². The number of carbonyl (C=O) groups is 1. The van der Waals surface area contributed by atoms with E-state index >= 15 is 0 Å². The molecule has 1 amide bonds. The number of hydrogen-bond donors (Lipinski definition) is 1. The van der Waals surface area contributed by atoms with Crippen LogP contribution < -0.4 is 10.2 Å². The maximum Gasteiger partial charge on any atom is 0.251 e. The minimum absolute atomic E-state index is 0.0475. The second kappa shape index (κ2) is 7.04. The normalized spacial score (nSPS) is 21.3. The van der Waals surface area contributed by atoms with Crippen molar-refractivity contribution >= 4 is 32.6 Å². The fourth-order valence-electron chi connectivity index (χ4n) is 3.06. The smallest absolute Gasteiger partial charge is 0.251 e. The highest BCUT2D eigenvalue weighted by Gasteiger charge is 2.18. The third-order valence-electron chi connectivity index (χ3n) is 4.44. The average Bonchev–Trinajstić information content (AvgIpc) is 3.29. The number of morpholine rings is 1. The van der Waals surface area contributed by atoms with Crippen LogP contribution in [0.4, 0.5) is 5.13 Å². The van der Waals surface area contributed by atoms with Gasteiger partial charge in [-0.15, -0.1) is 0 Å². The molecule has 1 aromatic heterocycles. The zero-order chi connectivity index (χ0) is 16.4. The molecule has 2 aromatic rings. The highest BCUT2D eigenvalue weighted by Crippen LogP contribution is 2.30. The van der Waals surface area contributed by atoms with E-state index in [0.29, 0.717) is 12.1 Å². The van der Waals surface area contributed by atoms with Crippen LogP contribution in [0.5, 0.6) is 0 Å². The number of ether oxygens (including phenoxy) is 2. The van der Waals surface area contributed by atoms with Gasteiger partial charge in [-0.3, -0.25) is 4.79 Å². The van der Waals surface area contributed by atoms with Gasteiger partial charge in [-0.2, -0.15) is 0 Å². The molecule has 1 N–H and O–H groups in total. The van der Waals surface area contributed by atoms with E-state index in [0.717, 1.165) is 61.1 Å². The number of nitrogens with one attached hydrogen (secondary N) is 1. The largest absolute Gasteiger partial charge is 0.378 e. The van der Waals surface area contributed by atoms with E-state index in [1.54, 1.807) is 11.3 Å². The highest BCUT2D eigenvalue weighted by molar-refractivity contribution is 7.22. The van der Waals surface area contributed by atoms with Crippen LogP contribution in [0.2, 0.25) is 0 Å². The lowest BCUT2D eigenvalue weighted by molar-refractivity contribution is 0.0858. The quantitative estimate of drug-likeness (QED) is 0.917. The van der Waals surface area contributed by atoms with Gasteiger partial charge in [-0.25, -0.2) is 4.98 Å². The van der Waals surface area contributed by atoms with Gasteiger partial charge in [0.2, 0.25) is 0 Å². The highest BCUT2D eigenvalue weighted by atomic mass is 32.1. The Labute approximate surface area is 144 Å². The van der Waals surface area contributed by atoms with Crippen molar-refractivity contribution in [3.05, 3.63) is 23.8 Å². The van der Waals surface area contributed by atoms with E-state index in [9.17, 15) is 4.79 Å². The van der Waals surface area contributed by atoms with E-state index < -0.39 is 0 Å². The summed E-state index contributed by atoms with van der Waals surface area (Å²) in [6.07, 6.45) is 2.27. The molecule has 6 nitrogen and oxygen atoms in total. The zero-order valence-electron chi connectivity index (χ0n) is 13.5. The van der Waals surface area contributed by atoms with Crippen LogP contribution >= 0.6 is 11.3 Å². The Hall–Kier alpha value is -1.70. The molecule has 0 radical (unpaired) electrons. The number of nitrogens with zero attached hydrogens (tertiary/aromatic N) is 2. The van der Waals surface area contributed by atoms with Crippen molar-refractivity contribution in [1.29, 1.82) is 0 Å². The van der Waals surface area contributed by atoms with E-state index in [2.05, 4.69) is 15.2 Å². The molecule has 7 heteroatoms. The van der Waals surface area contributed by atoms with Crippen LogP contribution in [0.1, 0.15) is 23.2 Å². The summed E-state index contributed by atoms with van der Waals surface area (Å²) in [7, 11) is 0. The van der Waals surface area contributed by atoms with Crippen molar-refractivity contribution in [3.63, 3.8) is 0 Å². The molecular formula is C17H21N3O3S. The second-order valence-electron chi connectivity index (χ2n) is 6.12. The van der Waals surface area contributed by atoms with E-state index in [1.165, 1.54) is 0 Å². The molecule has 4 rings (SSSR count). The minimum atomic E-state index is -0.0475. The molecule has 3 heterocycles. The van der Waals surface area contributed by atoms with E-state index in [1.807, 2.05) is 18.2 Å². The number of carbonyl (C=O) groups excluding carboxylic acids is 1. The van der Waals surface area contributed by atoms with Crippen LogP contribution in [-0.4, -0.2) is 56.5 Å². The van der Waals surface area contributed by atoms with E-state index in [-0.39, 0.29) is 12.0 Å². The number of rotatable bonds is 4. The van der Waals surface area contributed by atoms with Crippen molar-refractivity contribution in [2.75, 3.05) is 44.4 Å². The SMILES string of the molecule is O=C(NCC1CCCO1)c1ccc2nc(N3CCOCC3)sc2c1. The predicted octanol–water partition coefficient (Wildman–Crippen LogP) is 2.04. The Morgan fingerprint density at radius 3 is 3.00 bits per heavy atom. The Morgan fingerprint density at radius 1 is 1.33 bits per heavy atom. The van der Waals surface area contributed by atoms with Crippen molar-refractivity contribution in [3.8, 4) is 0 Å². The molecule has 2 aliphatic heterocycles. The molecule has 0 saturated carbocycles. The number of amides is 1. The fourth-order valence-corrected chi connectivity index (χ4v) is 4.11. The number of benzene rings is 1. The summed E-state index contributed by atoms with van der Waals surface area (Å²) < 4.78 is 12.0. The lowest BCUT2D eigenvalue weighted by Crippen LogP contribution is -2.36. The summed E-state index contributed by atoms with van der Waals surface area (Å²) in [6, 6.07) is 5.70. The first-order valence-corrected chi connectivity index (χ1v) is 9.24. The van der Waals surface area contributed by atoms with Crippen molar-refractivity contribution in [2.45, 2.75) is 18.9 Å². The molecule has 1 atom stereocenters. The Balaban J connectivity index is 1.46. The standard InChI is InChI=1S/C17H21N3O3S/c21-16(18-11-13-2-1-7-23-13)12-3-4-14-15(10-12)24-17(19-14)20-5-8-22-9-6-20/h3-4,10,13H,1-2,5-9,11H2,(H,18,21). The summed E-state index contributed by atoms with van der Waals surface area (Å²) >= 11 is 1.63. The molecular weight excluding hydrogens is 326 g/mol. The number of anilines is 1. The van der Waals surface area contributed by atoms with Crippen molar-refractivity contribution in [1.82, 2.24) is 10.3 Å². The first-order chi connectivity index (χ1) is 11.8. The van der Waals surface area contributed by atoms with Crippen LogP contribution in [0.15, 0.2) is 18.2 Å². The fraction of sp³-hybridized carbons (Fsp3) is 0.529. The Kier molecular flexibility index (Phi) is 4.64. The Bertz CT molecular complexity index is 721. The third kappa shape index (κ3) is 3.38. The topological polar surface area (TPSA) is 63.7 Å². The van der Waals surface area contributed by atoms with Gasteiger partial charge in [0.15, 0.2) is 5.13 Å². The molecule has 1 unspecified atom stereocenters. The number of fused-ring (bicyclic) bond motifs is 1. The summed E-state index contributed by atoms with van der Waals surface area (Å²) in [5.74, 6) is -0.0475. The predicted molar refractivity (Wildman–Crippen MR) is 94.0 cm³/mol. The molecule has 0 aliphatic carbocycles. The van der Waals surface area contributed by atoms with Gasteiger partial charge < -0.3 is 19.7 Å². The van der Waals surface area contributed by atoms with Crippen molar-refractivity contribution < 1.29 is 14.3 Å². The van der Waals surface area contributed by atoms with Crippen LogP contribution in [0, 0.1) is 0 Å². The minimum Gasteiger partial charge on any atom is -0.378 e. The van der Waals surface area contributed by atoms with Crippen LogP contribution in [0.25, 0.3) is 10.2 Å². The van der Waals surface area contributed by atoms with Gasteiger partial charge >= 0.3 is 0 Å². The lowest BCUT2D eigenvalue weighted by atomic mass is 10.2. The third-order valence-corrected chi connectivity index (χ3v) is 5.51. The molecule has 24 heavy (non-hydrogen) atoms. The van der Waals surface area contributed by atoms with Gasteiger partial charge in [0, 0.05) is 31.8 Å². The van der Waals surface area contributed by atoms with Crippen LogP contribution in [0.3, 0.4) is 0 Å². The maximum atomic E-state index is 12.3. The maximum absolute atomic E-state index is 12.3. The first kappa shape index (κ1) is 15.8. The van der Waals surface area contributed by atoms with Crippen molar-refractivity contribution in [2.24, 2.45) is 0 Å². The summed E-state index contributed by atoms with van der Waals surface area (Å²) in [6.45, 7) is 4.61. The van der Waals surface area contributed by atoms with E-state index in [4.69, 9.17) is 9.47 Å². The molecule has 1 aromatic carbocycles. The summed E-state index contributed by atoms with van der Waals surface area (Å²) in [5, 5.41) is 3.97. The van der Waals surface area contributed by atoms with Gasteiger partial charge in [0.05, 0.1) is 29.5 Å². The number of thiazole rings is 1. The number of aromatic nitrogens is 1. The summed E-state index contributed by atoms with van der Waals surface area (Å²) in [4.78, 5) is 19.3. The first-order valence-electron chi connectivity index (χ1n) is 8.43. The molecule has 128 valence electrons. The molecule has 0 bridgehead atoms. The zero-order valence-corrected chi connectivity index (χ0v) is 14.3.